The van der Waals surface area contributed by atoms with Gasteiger partial charge in [-0.2, -0.15) is 0 Å². The summed E-state index contributed by atoms with van der Waals surface area (Å²) in [4.78, 5) is 0. The molecule has 0 saturated heterocycles. The molecule has 34 valence electrons. The van der Waals surface area contributed by atoms with Crippen LogP contribution in [-0.4, -0.2) is 17.1 Å². The summed E-state index contributed by atoms with van der Waals surface area (Å²) in [5, 5.41) is 0. The summed E-state index contributed by atoms with van der Waals surface area (Å²) in [6.45, 7) is 0. The molecule has 0 aromatic heterocycles. The first kappa shape index (κ1) is 5.79. The van der Waals surface area contributed by atoms with Gasteiger partial charge < -0.3 is 4.55 Å². The van der Waals surface area contributed by atoms with E-state index in [0.717, 1.165) is 0 Å². The molecule has 0 fully saturated rings. The lowest BCUT2D eigenvalue weighted by Crippen LogP contribution is -1.73. The zero-order valence-corrected chi connectivity index (χ0v) is 5.69. The maximum absolute atomic E-state index is 6.94. The maximum atomic E-state index is 6.94. The quantitative estimate of drug-likeness (QED) is 0.472. The lowest BCUT2D eigenvalue weighted by Gasteiger charge is -2.03. The van der Waals surface area contributed by atoms with E-state index in [-0.39, 0.29) is 0 Å². The molecule has 0 atom stereocenters. The summed E-state index contributed by atoms with van der Waals surface area (Å²) in [6, 6.07) is 0. The van der Waals surface area contributed by atoms with Gasteiger partial charge in [-0.25, -0.2) is 0 Å². The van der Waals surface area contributed by atoms with Crippen molar-refractivity contribution >= 4 is 23.6 Å². The number of hydrogen-bond acceptors (Lipinski definition) is 0. The van der Waals surface area contributed by atoms with Gasteiger partial charge in [0.05, 0.1) is 0 Å². The molecular formula is C2H8BrOS+. The van der Waals surface area contributed by atoms with Crippen molar-refractivity contribution in [3.63, 3.8) is 0 Å². The average molecular weight is 160 g/mol. The largest absolute Gasteiger partial charge is 0.388 e. The van der Waals surface area contributed by atoms with Gasteiger partial charge in [0, 0.05) is 36.1 Å². The predicted molar refractivity (Wildman–Crippen MR) is 32.0 cm³/mol. The highest BCUT2D eigenvalue weighted by Crippen LogP contribution is 2.42. The van der Waals surface area contributed by atoms with Crippen LogP contribution in [0.1, 0.15) is 0 Å². The fourth-order valence-electron chi connectivity index (χ4n) is 0. The van der Waals surface area contributed by atoms with Crippen LogP contribution in [0, 0.1) is 0 Å². The minimum absolute atomic E-state index is 1.10. The van der Waals surface area contributed by atoms with Gasteiger partial charge in [0.2, 0.25) is 0 Å². The zero-order chi connectivity index (χ0) is 4.50. The van der Waals surface area contributed by atoms with Crippen molar-refractivity contribution < 1.29 is 4.55 Å². The van der Waals surface area contributed by atoms with Crippen LogP contribution >= 0.6 is 23.6 Å². The molecule has 0 aliphatic heterocycles. The summed E-state index contributed by atoms with van der Waals surface area (Å²) in [5.74, 6) is 0. The van der Waals surface area contributed by atoms with E-state index < -0.39 is 8.74 Å². The van der Waals surface area contributed by atoms with Crippen molar-refractivity contribution in [1.82, 2.24) is 0 Å². The van der Waals surface area contributed by atoms with Gasteiger partial charge in [-0.15, -0.1) is 0 Å². The van der Waals surface area contributed by atoms with E-state index in [2.05, 4.69) is 14.8 Å². The molecule has 0 aromatic carbocycles. The minimum Gasteiger partial charge on any atom is -0.388 e. The monoisotopic (exact) mass is 159 g/mol. The molecule has 0 saturated carbocycles. The van der Waals surface area contributed by atoms with Gasteiger partial charge >= 0.3 is 0 Å². The minimum atomic E-state index is -1.10. The van der Waals surface area contributed by atoms with Crippen LogP contribution < -0.4 is 0 Å². The van der Waals surface area contributed by atoms with E-state index in [1.165, 1.54) is 0 Å². The molecule has 0 spiro atoms. The average Bonchev–Trinajstić information content (AvgIpc) is 0.722. The van der Waals surface area contributed by atoms with Crippen molar-refractivity contribution in [3.8, 4) is 0 Å². The molecule has 0 heterocycles. The highest BCUT2D eigenvalue weighted by molar-refractivity contribution is 9.57. The van der Waals surface area contributed by atoms with Crippen LogP contribution in [0.25, 0.3) is 0 Å². The van der Waals surface area contributed by atoms with Gasteiger partial charge in [-0.05, 0) is 0 Å². The Morgan fingerprint density at radius 2 is 1.60 bits per heavy atom. The summed E-state index contributed by atoms with van der Waals surface area (Å²) in [5.41, 5.74) is 0. The van der Waals surface area contributed by atoms with E-state index in [0.29, 0.717) is 0 Å². The van der Waals surface area contributed by atoms with E-state index in [1.54, 1.807) is 0 Å². The molecule has 3 heteroatoms. The normalized spacial score (nSPS) is 15.2. The Morgan fingerprint density at radius 1 is 1.60 bits per heavy atom. The predicted octanol–water partition coefficient (Wildman–Crippen LogP) is 1.00. The Labute approximate surface area is 41.1 Å². The first-order valence-electron chi connectivity index (χ1n) is 1.17. The van der Waals surface area contributed by atoms with Crippen molar-refractivity contribution in [2.24, 2.45) is 0 Å². The molecule has 0 amide bonds. The van der Waals surface area contributed by atoms with Gasteiger partial charge in [-0.3, -0.25) is 0 Å². The van der Waals surface area contributed by atoms with E-state index in [9.17, 15) is 0 Å². The van der Waals surface area contributed by atoms with Crippen LogP contribution in [0.5, 0.6) is 0 Å². The third-order valence-electron chi connectivity index (χ3n) is 0. The summed E-state index contributed by atoms with van der Waals surface area (Å²) in [7, 11) is -1.10. The van der Waals surface area contributed by atoms with Gasteiger partial charge in [-0.1, -0.05) is 0 Å². The molecule has 0 rings (SSSR count). The Bertz CT molecular complexity index is 25.1. The fourth-order valence-corrected chi connectivity index (χ4v) is 0. The third kappa shape index (κ3) is 59.7. The SMILES string of the molecule is CS(C)([OH2+])Br. The van der Waals surface area contributed by atoms with E-state index in [4.69, 9.17) is 4.55 Å². The Morgan fingerprint density at radius 3 is 1.60 bits per heavy atom. The molecule has 0 unspecified atom stereocenters. The van der Waals surface area contributed by atoms with Crippen molar-refractivity contribution in [2.45, 2.75) is 0 Å². The Balaban J connectivity index is 3.02. The molecule has 1 nitrogen and oxygen atoms in total. The lowest BCUT2D eigenvalue weighted by atomic mass is 11.9. The highest BCUT2D eigenvalue weighted by atomic mass is 79.9. The van der Waals surface area contributed by atoms with Gasteiger partial charge in [0.1, 0.15) is 0 Å². The van der Waals surface area contributed by atoms with Crippen LogP contribution in [0.4, 0.5) is 0 Å². The van der Waals surface area contributed by atoms with E-state index >= 15 is 0 Å². The van der Waals surface area contributed by atoms with Crippen LogP contribution in [0.3, 0.4) is 0 Å². The first-order valence-corrected chi connectivity index (χ1v) is 5.47. The summed E-state index contributed by atoms with van der Waals surface area (Å²) in [6.07, 6.45) is 3.71. The van der Waals surface area contributed by atoms with Crippen molar-refractivity contribution in [3.05, 3.63) is 0 Å². The summed E-state index contributed by atoms with van der Waals surface area (Å²) < 4.78 is 6.94. The van der Waals surface area contributed by atoms with Crippen molar-refractivity contribution in [1.29, 1.82) is 0 Å². The van der Waals surface area contributed by atoms with Gasteiger partial charge in [0.15, 0.2) is 0 Å². The second kappa shape index (κ2) is 1.49. The molecule has 0 aliphatic rings. The second-order valence-corrected chi connectivity index (χ2v) is 8.46. The Kier molecular flexibility index (Phi) is 1.73. The molecule has 2 N–H and O–H groups in total. The fraction of sp³-hybridized carbons (Fsp3) is 1.00. The standard InChI is InChI=1S/C2H7BrOS/c1-5(2,3)4/h4H,1-2H3/p+1. The molecule has 0 aromatic rings. The van der Waals surface area contributed by atoms with Crippen LogP contribution in [0.15, 0.2) is 0 Å². The number of hydrogen-bond donors (Lipinski definition) is 0. The van der Waals surface area contributed by atoms with Crippen molar-refractivity contribution in [2.75, 3.05) is 12.5 Å². The van der Waals surface area contributed by atoms with Crippen LogP contribution in [-0.2, 0) is 0 Å². The molecule has 5 heavy (non-hydrogen) atoms. The number of rotatable bonds is 0. The third-order valence-corrected chi connectivity index (χ3v) is 0. The molecule has 0 aliphatic carbocycles. The smallest absolute Gasteiger partial charge is 0.0465 e. The lowest BCUT2D eigenvalue weighted by molar-refractivity contribution is 0.654. The molecule has 0 radical (unpaired) electrons. The topological polar surface area (TPSA) is 22.9 Å². The van der Waals surface area contributed by atoms with Crippen LogP contribution in [0.2, 0.25) is 0 Å². The molecule has 0 bridgehead atoms. The first-order chi connectivity index (χ1) is 2.00. The molecular weight excluding hydrogens is 152 g/mol. The van der Waals surface area contributed by atoms with Gasteiger partial charge in [0.25, 0.3) is 0 Å². The number of halogens is 1. The second-order valence-electron chi connectivity index (χ2n) is 1.20. The maximum Gasteiger partial charge on any atom is 0.0465 e. The Hall–Kier alpha value is 0.790. The van der Waals surface area contributed by atoms with E-state index in [1.807, 2.05) is 12.5 Å². The summed E-state index contributed by atoms with van der Waals surface area (Å²) >= 11 is 3.12. The zero-order valence-electron chi connectivity index (χ0n) is 3.29. The highest BCUT2D eigenvalue weighted by Gasteiger charge is 1.99.